The van der Waals surface area contributed by atoms with Crippen molar-refractivity contribution >= 4 is 22.7 Å². The average Bonchev–Trinajstić information content (AvgIpc) is 3.19. The van der Waals surface area contributed by atoms with Gasteiger partial charge in [-0.1, -0.05) is 97.4 Å². The number of Topliss-reactive ketones (excluding diaryl/α,β-unsaturated/α-hetero) is 1. The second-order valence-corrected chi connectivity index (χ2v) is 13.1. The molecule has 1 atom stereocenters. The number of aromatic hydroxyl groups is 1. The number of para-hydroxylation sites is 2. The van der Waals surface area contributed by atoms with Gasteiger partial charge in [0.05, 0.1) is 17.6 Å². The number of amides is 1. The van der Waals surface area contributed by atoms with E-state index in [-0.39, 0.29) is 40.4 Å². The van der Waals surface area contributed by atoms with Crippen molar-refractivity contribution in [3.8, 4) is 5.75 Å². The molecule has 0 spiro atoms. The second-order valence-electron chi connectivity index (χ2n) is 13.1. The number of nitrogens with zero attached hydrogens (tertiary/aromatic N) is 2. The van der Waals surface area contributed by atoms with Gasteiger partial charge in [-0.15, -0.1) is 0 Å². The lowest BCUT2D eigenvalue weighted by molar-refractivity contribution is -0.123. The highest BCUT2D eigenvalue weighted by atomic mass is 16.3. The molecule has 1 amide bonds. The van der Waals surface area contributed by atoms with Crippen LogP contribution in [0.15, 0.2) is 66.7 Å². The number of phenols is 1. The van der Waals surface area contributed by atoms with Crippen LogP contribution >= 0.6 is 0 Å². The van der Waals surface area contributed by atoms with E-state index in [9.17, 15) is 20.1 Å². The zero-order valence-electron chi connectivity index (χ0n) is 25.9. The molecule has 42 heavy (non-hydrogen) atoms. The van der Waals surface area contributed by atoms with Crippen molar-refractivity contribution in [1.29, 1.82) is 5.41 Å². The van der Waals surface area contributed by atoms with Gasteiger partial charge in [-0.25, -0.2) is 0 Å². The van der Waals surface area contributed by atoms with E-state index in [0.29, 0.717) is 34.3 Å². The number of aromatic nitrogens is 2. The number of hydrogen-bond donors (Lipinski definition) is 3. The first-order valence-electron chi connectivity index (χ1n) is 14.7. The summed E-state index contributed by atoms with van der Waals surface area (Å²) in [7, 11) is 0. The molecule has 0 aliphatic carbocycles. The van der Waals surface area contributed by atoms with E-state index in [4.69, 9.17) is 0 Å². The second kappa shape index (κ2) is 12.0. The molecule has 0 saturated carbocycles. The molecule has 0 fully saturated rings. The minimum atomic E-state index is -0.773. The van der Waals surface area contributed by atoms with E-state index in [0.717, 1.165) is 18.4 Å². The van der Waals surface area contributed by atoms with E-state index >= 15 is 0 Å². The predicted molar refractivity (Wildman–Crippen MR) is 168 cm³/mol. The van der Waals surface area contributed by atoms with Crippen molar-refractivity contribution in [3.63, 3.8) is 0 Å². The normalized spacial score (nSPS) is 12.8. The molecule has 0 radical (unpaired) electrons. The van der Waals surface area contributed by atoms with E-state index in [2.05, 4.69) is 12.2 Å². The Labute approximate surface area is 248 Å². The molecule has 222 valence electrons. The summed E-state index contributed by atoms with van der Waals surface area (Å²) >= 11 is 0. The summed E-state index contributed by atoms with van der Waals surface area (Å²) in [6.07, 6.45) is 1.82. The minimum Gasteiger partial charge on any atom is -0.507 e. The molecular weight excluding hydrogens is 524 g/mol. The Bertz CT molecular complexity index is 1610. The Balaban J connectivity index is 1.86. The summed E-state index contributed by atoms with van der Waals surface area (Å²) < 4.78 is 3.39. The SMILES string of the molecule is CCCCNC(=O)C(c1ccccc1)n1c(=N)n(CC(=O)c2cc(C(C)(C)C)c(O)c(C(C)(C)C)c2)c2ccccc21. The smallest absolute Gasteiger partial charge is 0.247 e. The number of imidazole rings is 1. The number of carbonyl (C=O) groups excluding carboxylic acids is 2. The maximum Gasteiger partial charge on any atom is 0.247 e. The van der Waals surface area contributed by atoms with Crippen LogP contribution in [0, 0.1) is 5.41 Å². The molecule has 3 N–H and O–H groups in total. The van der Waals surface area contributed by atoms with Gasteiger partial charge in [0.25, 0.3) is 0 Å². The van der Waals surface area contributed by atoms with E-state index < -0.39 is 6.04 Å². The fraction of sp³-hybridized carbons (Fsp3) is 0.400. The number of ketones is 1. The molecule has 3 aromatic carbocycles. The van der Waals surface area contributed by atoms with E-state index in [1.165, 1.54) is 0 Å². The van der Waals surface area contributed by atoms with E-state index in [1.807, 2.05) is 96.1 Å². The number of unbranched alkanes of at least 4 members (excludes halogenated alkanes) is 1. The quantitative estimate of drug-likeness (QED) is 0.156. The summed E-state index contributed by atoms with van der Waals surface area (Å²) in [5.41, 5.74) is 3.39. The number of hydrogen-bond acceptors (Lipinski definition) is 4. The molecule has 0 bridgehead atoms. The van der Waals surface area contributed by atoms with Gasteiger partial charge in [0.2, 0.25) is 11.5 Å². The van der Waals surface area contributed by atoms with Gasteiger partial charge in [-0.05, 0) is 47.1 Å². The molecule has 4 aromatic rings. The molecule has 1 heterocycles. The lowest BCUT2D eigenvalue weighted by atomic mass is 9.78. The number of nitrogens with one attached hydrogen (secondary N) is 2. The maximum atomic E-state index is 14.0. The Hall–Kier alpha value is -4.13. The van der Waals surface area contributed by atoms with Gasteiger partial charge in [-0.3, -0.25) is 19.6 Å². The van der Waals surface area contributed by atoms with Gasteiger partial charge in [0.1, 0.15) is 11.8 Å². The largest absolute Gasteiger partial charge is 0.507 e. The van der Waals surface area contributed by atoms with Gasteiger partial charge in [-0.2, -0.15) is 0 Å². The van der Waals surface area contributed by atoms with Gasteiger partial charge in [0.15, 0.2) is 5.78 Å². The molecule has 4 rings (SSSR count). The fourth-order valence-corrected chi connectivity index (χ4v) is 5.39. The third-order valence-electron chi connectivity index (χ3n) is 7.72. The highest BCUT2D eigenvalue weighted by Crippen LogP contribution is 2.40. The lowest BCUT2D eigenvalue weighted by Gasteiger charge is -2.28. The van der Waals surface area contributed by atoms with Crippen LogP contribution in [0.2, 0.25) is 0 Å². The molecule has 7 heteroatoms. The molecule has 1 unspecified atom stereocenters. The van der Waals surface area contributed by atoms with E-state index in [1.54, 1.807) is 21.3 Å². The molecule has 0 saturated heterocycles. The summed E-state index contributed by atoms with van der Waals surface area (Å²) in [4.78, 5) is 27.6. The van der Waals surface area contributed by atoms with Gasteiger partial charge in [0, 0.05) is 23.2 Å². The predicted octanol–water partition coefficient (Wildman–Crippen LogP) is 6.61. The first kappa shape index (κ1) is 30.8. The van der Waals surface area contributed by atoms with Crippen molar-refractivity contribution in [1.82, 2.24) is 14.5 Å². The van der Waals surface area contributed by atoms with Gasteiger partial charge >= 0.3 is 0 Å². The zero-order chi connectivity index (χ0) is 30.8. The summed E-state index contributed by atoms with van der Waals surface area (Å²) in [6.45, 7) is 14.6. The van der Waals surface area contributed by atoms with Crippen LogP contribution in [0.3, 0.4) is 0 Å². The van der Waals surface area contributed by atoms with Crippen LogP contribution in [0.4, 0.5) is 0 Å². The van der Waals surface area contributed by atoms with Crippen molar-refractivity contribution in [2.45, 2.75) is 84.7 Å². The van der Waals surface area contributed by atoms with Crippen molar-refractivity contribution < 1.29 is 14.7 Å². The lowest BCUT2D eigenvalue weighted by Crippen LogP contribution is -2.39. The minimum absolute atomic E-state index is 0.0647. The summed E-state index contributed by atoms with van der Waals surface area (Å²) in [6, 6.07) is 19.8. The van der Waals surface area contributed by atoms with Crippen LogP contribution in [-0.2, 0) is 22.2 Å². The van der Waals surface area contributed by atoms with Crippen LogP contribution in [-0.4, -0.2) is 32.5 Å². The van der Waals surface area contributed by atoms with Crippen LogP contribution in [0.25, 0.3) is 11.0 Å². The van der Waals surface area contributed by atoms with Crippen LogP contribution in [0.1, 0.15) is 94.4 Å². The standard InChI is InChI=1S/C35H44N4O3/c1-8-9-19-37-32(42)30(23-15-11-10-12-16-23)39-28-18-14-13-17-27(28)38(33(39)36)22-29(40)24-20-25(34(2,3)4)31(41)26(21-24)35(5,6)7/h10-18,20-21,30,36,41H,8-9,19,22H2,1-7H3,(H,37,42). The number of rotatable bonds is 9. The van der Waals surface area contributed by atoms with Crippen molar-refractivity contribution in [2.24, 2.45) is 0 Å². The highest BCUT2D eigenvalue weighted by Gasteiger charge is 2.30. The monoisotopic (exact) mass is 568 g/mol. The maximum absolute atomic E-state index is 14.0. The highest BCUT2D eigenvalue weighted by molar-refractivity contribution is 5.97. The Morgan fingerprint density at radius 2 is 1.43 bits per heavy atom. The number of phenolic OH excluding ortho intramolecular Hbond substituents is 1. The van der Waals surface area contributed by atoms with Gasteiger partial charge < -0.3 is 15.0 Å². The third kappa shape index (κ3) is 6.20. The molecule has 0 aliphatic rings. The first-order valence-corrected chi connectivity index (χ1v) is 14.7. The Morgan fingerprint density at radius 1 is 0.881 bits per heavy atom. The molecule has 7 nitrogen and oxygen atoms in total. The number of carbonyl (C=O) groups is 2. The average molecular weight is 569 g/mol. The summed E-state index contributed by atoms with van der Waals surface area (Å²) in [5, 5.41) is 23.5. The van der Waals surface area contributed by atoms with Crippen molar-refractivity contribution in [3.05, 3.63) is 94.6 Å². The summed E-state index contributed by atoms with van der Waals surface area (Å²) in [5.74, 6) is -0.140. The molecular formula is C35H44N4O3. The third-order valence-corrected chi connectivity index (χ3v) is 7.72. The van der Waals surface area contributed by atoms with Crippen molar-refractivity contribution in [2.75, 3.05) is 6.54 Å². The number of benzene rings is 3. The molecule has 0 aliphatic heterocycles. The molecule has 1 aromatic heterocycles. The zero-order valence-corrected chi connectivity index (χ0v) is 25.9. The topological polar surface area (TPSA) is 100 Å². The number of fused-ring (bicyclic) bond motifs is 1. The Kier molecular flexibility index (Phi) is 8.81. The van der Waals surface area contributed by atoms with Crippen LogP contribution in [0.5, 0.6) is 5.75 Å². The Morgan fingerprint density at radius 3 is 1.98 bits per heavy atom. The van der Waals surface area contributed by atoms with Crippen LogP contribution < -0.4 is 10.9 Å². The first-order chi connectivity index (χ1) is 19.8. The fourth-order valence-electron chi connectivity index (χ4n) is 5.39.